The number of carbonyl (C=O) groups excluding carboxylic acids is 3. The van der Waals surface area contributed by atoms with Gasteiger partial charge in [0.2, 0.25) is 0 Å². The molecule has 0 aromatic heterocycles. The van der Waals surface area contributed by atoms with E-state index in [0.29, 0.717) is 11.4 Å². The molecule has 7 heteroatoms. The number of anilines is 2. The summed E-state index contributed by atoms with van der Waals surface area (Å²) in [4.78, 5) is 38.9. The van der Waals surface area contributed by atoms with Crippen LogP contribution in [-0.2, 0) is 14.3 Å². The maximum absolute atomic E-state index is 12.6. The molecule has 0 heterocycles. The fourth-order valence-corrected chi connectivity index (χ4v) is 2.68. The number of nitrogens with one attached hydrogen (secondary N) is 2. The molecule has 0 spiro atoms. The van der Waals surface area contributed by atoms with Crippen LogP contribution in [-0.4, -0.2) is 37.1 Å². The zero-order valence-corrected chi connectivity index (χ0v) is 17.1. The first-order valence-electron chi connectivity index (χ1n) is 9.45. The van der Waals surface area contributed by atoms with Gasteiger partial charge >= 0.3 is 12.0 Å². The van der Waals surface area contributed by atoms with Crippen molar-refractivity contribution in [3.05, 3.63) is 60.7 Å². The molecule has 2 N–H and O–H groups in total. The summed E-state index contributed by atoms with van der Waals surface area (Å²) in [6, 6.07) is 16.6. The van der Waals surface area contributed by atoms with Crippen molar-refractivity contribution in [3.63, 3.8) is 0 Å². The smallest absolute Gasteiger partial charge is 0.329 e. The van der Waals surface area contributed by atoms with Crippen molar-refractivity contribution < 1.29 is 19.1 Å². The lowest BCUT2D eigenvalue weighted by molar-refractivity contribution is -0.156. The summed E-state index contributed by atoms with van der Waals surface area (Å²) < 4.78 is 5.36. The van der Waals surface area contributed by atoms with Crippen LogP contribution in [0.3, 0.4) is 0 Å². The van der Waals surface area contributed by atoms with Crippen LogP contribution in [0.15, 0.2) is 60.7 Å². The van der Waals surface area contributed by atoms with Crippen molar-refractivity contribution in [2.45, 2.75) is 32.9 Å². The fraction of sp³-hybridized carbons (Fsp3) is 0.318. The van der Waals surface area contributed by atoms with Gasteiger partial charge in [0.05, 0.1) is 0 Å². The van der Waals surface area contributed by atoms with E-state index in [9.17, 15) is 14.4 Å². The number of benzene rings is 2. The Hall–Kier alpha value is -3.35. The van der Waals surface area contributed by atoms with Crippen LogP contribution in [0.25, 0.3) is 0 Å². The summed E-state index contributed by atoms with van der Waals surface area (Å²) in [6.45, 7) is 5.09. The van der Waals surface area contributed by atoms with Gasteiger partial charge in [-0.15, -0.1) is 0 Å². The van der Waals surface area contributed by atoms with Gasteiger partial charge in [-0.3, -0.25) is 4.79 Å². The number of hydrogen-bond acceptors (Lipinski definition) is 4. The molecule has 2 aromatic rings. The zero-order valence-electron chi connectivity index (χ0n) is 17.1. The summed E-state index contributed by atoms with van der Waals surface area (Å²) >= 11 is 0. The van der Waals surface area contributed by atoms with E-state index in [0.717, 1.165) is 0 Å². The Morgan fingerprint density at radius 2 is 1.45 bits per heavy atom. The first-order chi connectivity index (χ1) is 13.8. The molecule has 0 aliphatic carbocycles. The lowest BCUT2D eigenvalue weighted by Gasteiger charge is -2.25. The van der Waals surface area contributed by atoms with Crippen molar-refractivity contribution in [1.82, 2.24) is 5.32 Å². The Balaban J connectivity index is 1.97. The van der Waals surface area contributed by atoms with Crippen molar-refractivity contribution in [2.75, 3.05) is 17.3 Å². The van der Waals surface area contributed by atoms with E-state index >= 15 is 0 Å². The van der Waals surface area contributed by atoms with Gasteiger partial charge in [-0.1, -0.05) is 50.2 Å². The van der Waals surface area contributed by atoms with Crippen molar-refractivity contribution >= 4 is 29.3 Å². The molecule has 0 saturated heterocycles. The highest BCUT2D eigenvalue weighted by atomic mass is 16.5. The summed E-state index contributed by atoms with van der Waals surface area (Å²) in [6.07, 6.45) is -0.993. The largest absolute Gasteiger partial charge is 0.451 e. The minimum atomic E-state index is -0.993. The molecule has 2 rings (SSSR count). The lowest BCUT2D eigenvalue weighted by atomic mass is 10.0. The first kappa shape index (κ1) is 21.9. The van der Waals surface area contributed by atoms with E-state index in [2.05, 4.69) is 10.6 Å². The van der Waals surface area contributed by atoms with Crippen molar-refractivity contribution in [3.8, 4) is 0 Å². The fourth-order valence-electron chi connectivity index (χ4n) is 2.68. The van der Waals surface area contributed by atoms with E-state index in [1.54, 1.807) is 57.3 Å². The highest BCUT2D eigenvalue weighted by Gasteiger charge is 2.30. The average Bonchev–Trinajstić information content (AvgIpc) is 2.71. The molecule has 0 fully saturated rings. The number of para-hydroxylation sites is 2. The van der Waals surface area contributed by atoms with E-state index in [1.165, 1.54) is 11.8 Å². The second-order valence-electron chi connectivity index (χ2n) is 7.00. The number of nitrogens with zero attached hydrogens (tertiary/aromatic N) is 1. The van der Waals surface area contributed by atoms with Crippen molar-refractivity contribution in [1.29, 1.82) is 0 Å². The maximum atomic E-state index is 12.6. The van der Waals surface area contributed by atoms with Gasteiger partial charge in [0.15, 0.2) is 6.10 Å². The number of carbonyl (C=O) groups is 3. The summed E-state index contributed by atoms with van der Waals surface area (Å²) in [5.41, 5.74) is 1.30. The van der Waals surface area contributed by atoms with Gasteiger partial charge in [0.25, 0.3) is 5.91 Å². The SMILES string of the molecule is CC(C)[C@H](NC(=O)Nc1ccccc1)C(=O)O[C@H](C)C(=O)N(C)c1ccccc1. The highest BCUT2D eigenvalue weighted by molar-refractivity contribution is 5.97. The molecule has 0 aliphatic rings. The van der Waals surface area contributed by atoms with E-state index in [-0.39, 0.29) is 11.8 Å². The second kappa shape index (κ2) is 10.3. The Labute approximate surface area is 171 Å². The third-order valence-electron chi connectivity index (χ3n) is 4.35. The predicted molar refractivity (Wildman–Crippen MR) is 113 cm³/mol. The minimum Gasteiger partial charge on any atom is -0.451 e. The Morgan fingerprint density at radius 3 is 2.00 bits per heavy atom. The summed E-state index contributed by atoms with van der Waals surface area (Å²) in [7, 11) is 1.62. The van der Waals surface area contributed by atoms with Gasteiger partial charge in [-0.05, 0) is 37.1 Å². The van der Waals surface area contributed by atoms with Crippen LogP contribution in [0.5, 0.6) is 0 Å². The lowest BCUT2D eigenvalue weighted by Crippen LogP contribution is -2.49. The third kappa shape index (κ3) is 6.34. The third-order valence-corrected chi connectivity index (χ3v) is 4.35. The molecule has 0 unspecified atom stereocenters. The van der Waals surface area contributed by atoms with Crippen LogP contribution < -0.4 is 15.5 Å². The standard InChI is InChI=1S/C22H27N3O4/c1-15(2)19(24-22(28)23-17-11-7-5-8-12-17)21(27)29-16(3)20(26)25(4)18-13-9-6-10-14-18/h5-16,19H,1-4H3,(H2,23,24,28)/t16-,19+/m1/s1. The van der Waals surface area contributed by atoms with Crippen LogP contribution in [0.4, 0.5) is 16.2 Å². The van der Waals surface area contributed by atoms with Gasteiger partial charge < -0.3 is 20.3 Å². The average molecular weight is 397 g/mol. The van der Waals surface area contributed by atoms with E-state index in [1.807, 2.05) is 24.3 Å². The molecule has 154 valence electrons. The van der Waals surface area contributed by atoms with E-state index in [4.69, 9.17) is 4.74 Å². The quantitative estimate of drug-likeness (QED) is 0.701. The molecule has 0 saturated carbocycles. The number of amides is 3. The Bertz CT molecular complexity index is 824. The van der Waals surface area contributed by atoms with Gasteiger partial charge in [-0.25, -0.2) is 9.59 Å². The molecular weight excluding hydrogens is 370 g/mol. The molecule has 3 amide bonds. The zero-order chi connectivity index (χ0) is 21.4. The second-order valence-corrected chi connectivity index (χ2v) is 7.00. The number of rotatable bonds is 7. The summed E-state index contributed by atoms with van der Waals surface area (Å²) in [5, 5.41) is 5.29. The number of hydrogen-bond donors (Lipinski definition) is 2. The molecular formula is C22H27N3O4. The van der Waals surface area contributed by atoms with Crippen LogP contribution >= 0.6 is 0 Å². The van der Waals surface area contributed by atoms with Crippen molar-refractivity contribution in [2.24, 2.45) is 5.92 Å². The van der Waals surface area contributed by atoms with Gasteiger partial charge in [0.1, 0.15) is 6.04 Å². The summed E-state index contributed by atoms with van der Waals surface area (Å²) in [5.74, 6) is -1.25. The number of urea groups is 1. The monoisotopic (exact) mass is 397 g/mol. The van der Waals surface area contributed by atoms with Gasteiger partial charge in [-0.2, -0.15) is 0 Å². The maximum Gasteiger partial charge on any atom is 0.329 e. The Morgan fingerprint density at radius 1 is 0.897 bits per heavy atom. The molecule has 0 radical (unpaired) electrons. The molecule has 7 nitrogen and oxygen atoms in total. The van der Waals surface area contributed by atoms with Crippen LogP contribution in [0, 0.1) is 5.92 Å². The normalized spacial score (nSPS) is 12.6. The topological polar surface area (TPSA) is 87.7 Å². The number of ether oxygens (including phenoxy) is 1. The first-order valence-corrected chi connectivity index (χ1v) is 9.45. The van der Waals surface area contributed by atoms with Crippen LogP contribution in [0.2, 0.25) is 0 Å². The van der Waals surface area contributed by atoms with Crippen LogP contribution in [0.1, 0.15) is 20.8 Å². The molecule has 29 heavy (non-hydrogen) atoms. The Kier molecular flexibility index (Phi) is 7.77. The number of esters is 1. The van der Waals surface area contributed by atoms with Gasteiger partial charge in [0, 0.05) is 18.4 Å². The van der Waals surface area contributed by atoms with E-state index < -0.39 is 24.1 Å². The molecule has 2 atom stereocenters. The molecule has 0 aliphatic heterocycles. The molecule has 0 bridgehead atoms. The highest BCUT2D eigenvalue weighted by Crippen LogP contribution is 2.14. The number of likely N-dealkylation sites (N-methyl/N-ethyl adjacent to an activating group) is 1. The molecule has 2 aromatic carbocycles. The minimum absolute atomic E-state index is 0.224. The predicted octanol–water partition coefficient (Wildman–Crippen LogP) is 3.43.